The number of aromatic nitrogens is 3. The lowest BCUT2D eigenvalue weighted by molar-refractivity contribution is 0.805. The van der Waals surface area contributed by atoms with Gasteiger partial charge in [-0.25, -0.2) is 4.98 Å². The minimum atomic E-state index is 0.309. The maximum absolute atomic E-state index is 5.65. The van der Waals surface area contributed by atoms with Gasteiger partial charge in [-0.15, -0.1) is 0 Å². The summed E-state index contributed by atoms with van der Waals surface area (Å²) in [5, 5.41) is 0. The summed E-state index contributed by atoms with van der Waals surface area (Å²) in [6, 6.07) is 4.01. The first-order valence-electron chi connectivity index (χ1n) is 5.93. The molecule has 0 saturated heterocycles. The number of pyridine rings is 1. The highest BCUT2D eigenvalue weighted by atomic mass is 15.2. The number of nitrogens with zero attached hydrogens (tertiary/aromatic N) is 4. The Morgan fingerprint density at radius 3 is 2.67 bits per heavy atom. The second kappa shape index (κ2) is 5.44. The molecule has 0 bridgehead atoms. The van der Waals surface area contributed by atoms with E-state index in [1.165, 1.54) is 5.56 Å². The second-order valence-corrected chi connectivity index (χ2v) is 4.10. The van der Waals surface area contributed by atoms with Gasteiger partial charge in [0.15, 0.2) is 0 Å². The lowest BCUT2D eigenvalue weighted by atomic mass is 10.2. The van der Waals surface area contributed by atoms with Gasteiger partial charge in [-0.3, -0.25) is 4.98 Å². The normalized spacial score (nSPS) is 10.3. The van der Waals surface area contributed by atoms with Gasteiger partial charge in [-0.1, -0.05) is 0 Å². The smallest absolute Gasteiger partial charge is 0.221 e. The Morgan fingerprint density at radius 2 is 2.00 bits per heavy atom. The zero-order valence-electron chi connectivity index (χ0n) is 10.7. The summed E-state index contributed by atoms with van der Waals surface area (Å²) in [6.45, 7) is 5.73. The van der Waals surface area contributed by atoms with Crippen molar-refractivity contribution in [3.05, 3.63) is 41.9 Å². The second-order valence-electron chi connectivity index (χ2n) is 4.10. The summed E-state index contributed by atoms with van der Waals surface area (Å²) in [5.74, 6) is 1.20. The Bertz CT molecular complexity index is 512. The highest BCUT2D eigenvalue weighted by molar-refractivity contribution is 5.48. The molecule has 0 saturated carbocycles. The van der Waals surface area contributed by atoms with Crippen molar-refractivity contribution in [3.8, 4) is 0 Å². The van der Waals surface area contributed by atoms with Crippen LogP contribution in [0.1, 0.15) is 18.1 Å². The number of aryl methyl sites for hydroxylation is 1. The highest BCUT2D eigenvalue weighted by Crippen LogP contribution is 2.19. The molecule has 2 aromatic heterocycles. The van der Waals surface area contributed by atoms with Gasteiger partial charge in [-0.05, 0) is 31.5 Å². The molecule has 0 radical (unpaired) electrons. The topological polar surface area (TPSA) is 67.9 Å². The lowest BCUT2D eigenvalue weighted by Crippen LogP contribution is -2.24. The van der Waals surface area contributed by atoms with Crippen molar-refractivity contribution in [2.75, 3.05) is 17.2 Å². The zero-order valence-corrected chi connectivity index (χ0v) is 10.7. The Labute approximate surface area is 107 Å². The van der Waals surface area contributed by atoms with Crippen molar-refractivity contribution in [3.63, 3.8) is 0 Å². The molecule has 2 heterocycles. The van der Waals surface area contributed by atoms with Gasteiger partial charge in [0.25, 0.3) is 0 Å². The fraction of sp³-hybridized carbons (Fsp3) is 0.308. The summed E-state index contributed by atoms with van der Waals surface area (Å²) < 4.78 is 0. The van der Waals surface area contributed by atoms with Crippen LogP contribution in [0.5, 0.6) is 0 Å². The van der Waals surface area contributed by atoms with E-state index in [9.17, 15) is 0 Å². The molecule has 0 aromatic carbocycles. The predicted molar refractivity (Wildman–Crippen MR) is 72.1 cm³/mol. The van der Waals surface area contributed by atoms with Crippen LogP contribution >= 0.6 is 0 Å². The van der Waals surface area contributed by atoms with Crippen LogP contribution in [0.3, 0.4) is 0 Å². The Balaban J connectivity index is 2.26. The molecule has 0 aliphatic rings. The van der Waals surface area contributed by atoms with E-state index in [2.05, 4.69) is 26.8 Å². The van der Waals surface area contributed by atoms with Crippen molar-refractivity contribution in [2.45, 2.75) is 20.4 Å². The van der Waals surface area contributed by atoms with E-state index in [0.717, 1.165) is 24.5 Å². The minimum Gasteiger partial charge on any atom is -0.368 e. The minimum absolute atomic E-state index is 0.309. The largest absolute Gasteiger partial charge is 0.368 e. The van der Waals surface area contributed by atoms with E-state index in [4.69, 9.17) is 5.73 Å². The number of anilines is 2. The van der Waals surface area contributed by atoms with Crippen LogP contribution in [0, 0.1) is 6.92 Å². The van der Waals surface area contributed by atoms with E-state index >= 15 is 0 Å². The molecule has 0 atom stereocenters. The number of rotatable bonds is 4. The summed E-state index contributed by atoms with van der Waals surface area (Å²) in [4.78, 5) is 14.5. The van der Waals surface area contributed by atoms with Gasteiger partial charge < -0.3 is 10.6 Å². The lowest BCUT2D eigenvalue weighted by Gasteiger charge is -2.23. The third-order valence-corrected chi connectivity index (χ3v) is 2.77. The number of hydrogen-bond donors (Lipinski definition) is 1. The zero-order chi connectivity index (χ0) is 13.0. The van der Waals surface area contributed by atoms with Crippen LogP contribution in [0.25, 0.3) is 0 Å². The molecular weight excluding hydrogens is 226 g/mol. The Kier molecular flexibility index (Phi) is 3.72. The van der Waals surface area contributed by atoms with Gasteiger partial charge >= 0.3 is 0 Å². The van der Waals surface area contributed by atoms with Gasteiger partial charge in [-0.2, -0.15) is 4.98 Å². The van der Waals surface area contributed by atoms with Crippen molar-refractivity contribution < 1.29 is 0 Å². The maximum atomic E-state index is 5.65. The third kappa shape index (κ3) is 2.74. The van der Waals surface area contributed by atoms with Crippen molar-refractivity contribution in [1.82, 2.24) is 15.0 Å². The predicted octanol–water partition coefficient (Wildman–Crippen LogP) is 1.79. The molecule has 0 fully saturated rings. The van der Waals surface area contributed by atoms with Crippen LogP contribution in [0.4, 0.5) is 11.8 Å². The molecule has 0 unspecified atom stereocenters. The summed E-state index contributed by atoms with van der Waals surface area (Å²) >= 11 is 0. The van der Waals surface area contributed by atoms with Crippen molar-refractivity contribution in [2.24, 2.45) is 0 Å². The quantitative estimate of drug-likeness (QED) is 0.886. The molecule has 0 spiro atoms. The SMILES string of the molecule is CCN(Cc1ccncc1)c1nc(N)ncc1C. The van der Waals surface area contributed by atoms with E-state index in [0.29, 0.717) is 5.95 Å². The standard InChI is InChI=1S/C13H17N5/c1-3-18(9-11-4-6-15-7-5-11)12-10(2)8-16-13(14)17-12/h4-8H,3,9H2,1-2H3,(H2,14,16,17). The fourth-order valence-electron chi connectivity index (χ4n) is 1.81. The van der Waals surface area contributed by atoms with Crippen LogP contribution in [0.15, 0.2) is 30.7 Å². The first-order valence-corrected chi connectivity index (χ1v) is 5.93. The third-order valence-electron chi connectivity index (χ3n) is 2.77. The maximum Gasteiger partial charge on any atom is 0.221 e. The molecule has 0 aliphatic heterocycles. The number of nitrogens with two attached hydrogens (primary N) is 1. The van der Waals surface area contributed by atoms with E-state index in [1.54, 1.807) is 18.6 Å². The average molecular weight is 243 g/mol. The molecule has 2 aromatic rings. The van der Waals surface area contributed by atoms with Gasteiger partial charge in [0.1, 0.15) is 5.82 Å². The van der Waals surface area contributed by atoms with Gasteiger partial charge in [0, 0.05) is 37.2 Å². The first kappa shape index (κ1) is 12.3. The molecule has 5 heteroatoms. The van der Waals surface area contributed by atoms with Gasteiger partial charge in [0.05, 0.1) is 0 Å². The Hall–Kier alpha value is -2.17. The molecular formula is C13H17N5. The van der Waals surface area contributed by atoms with Crippen LogP contribution in [0.2, 0.25) is 0 Å². The molecule has 18 heavy (non-hydrogen) atoms. The van der Waals surface area contributed by atoms with E-state index in [-0.39, 0.29) is 0 Å². The summed E-state index contributed by atoms with van der Waals surface area (Å²) in [6.07, 6.45) is 5.35. The molecule has 2 N–H and O–H groups in total. The monoisotopic (exact) mass is 243 g/mol. The fourth-order valence-corrected chi connectivity index (χ4v) is 1.81. The van der Waals surface area contributed by atoms with Crippen molar-refractivity contribution >= 4 is 11.8 Å². The highest BCUT2D eigenvalue weighted by Gasteiger charge is 2.10. The van der Waals surface area contributed by atoms with Gasteiger partial charge in [0.2, 0.25) is 5.95 Å². The first-order chi connectivity index (χ1) is 8.70. The molecule has 5 nitrogen and oxygen atoms in total. The summed E-state index contributed by atoms with van der Waals surface area (Å²) in [7, 11) is 0. The van der Waals surface area contributed by atoms with Crippen LogP contribution in [-0.2, 0) is 6.54 Å². The Morgan fingerprint density at radius 1 is 1.28 bits per heavy atom. The molecule has 0 aliphatic carbocycles. The molecule has 94 valence electrons. The van der Waals surface area contributed by atoms with Crippen molar-refractivity contribution in [1.29, 1.82) is 0 Å². The average Bonchev–Trinajstić information content (AvgIpc) is 2.40. The van der Waals surface area contributed by atoms with Crippen LogP contribution < -0.4 is 10.6 Å². The molecule has 0 amide bonds. The summed E-state index contributed by atoms with van der Waals surface area (Å²) in [5.41, 5.74) is 7.88. The van der Waals surface area contributed by atoms with Crippen LogP contribution in [-0.4, -0.2) is 21.5 Å². The van der Waals surface area contributed by atoms with E-state index in [1.807, 2.05) is 19.1 Å². The number of hydrogen-bond acceptors (Lipinski definition) is 5. The number of nitrogen functional groups attached to an aromatic ring is 1. The van der Waals surface area contributed by atoms with E-state index < -0.39 is 0 Å². The molecule has 2 rings (SSSR count).